The number of allylic oxidation sites excluding steroid dienone is 10. The highest BCUT2D eigenvalue weighted by Crippen LogP contribution is 2.15. The van der Waals surface area contributed by atoms with Crippen molar-refractivity contribution in [3.63, 3.8) is 0 Å². The molecule has 70 heavy (non-hydrogen) atoms. The fourth-order valence-corrected chi connectivity index (χ4v) is 8.62. The molecule has 0 heterocycles. The van der Waals surface area contributed by atoms with Gasteiger partial charge in [-0.15, -0.1) is 0 Å². The molecule has 0 N–H and O–H groups in total. The number of hydrogen-bond acceptors (Lipinski definition) is 6. The van der Waals surface area contributed by atoms with E-state index in [1.165, 1.54) is 180 Å². The lowest BCUT2D eigenvalue weighted by atomic mass is 10.1. The number of hydrogen-bond donors (Lipinski definition) is 0. The molecule has 0 radical (unpaired) electrons. The monoisotopic (exact) mass is 979 g/mol. The van der Waals surface area contributed by atoms with Crippen LogP contribution < -0.4 is 0 Å². The molecule has 0 aliphatic heterocycles. The van der Waals surface area contributed by atoms with Crippen LogP contribution in [0.2, 0.25) is 0 Å². The van der Waals surface area contributed by atoms with Crippen molar-refractivity contribution < 1.29 is 28.6 Å². The Labute approximate surface area is 434 Å². The Balaban J connectivity index is 4.28. The minimum Gasteiger partial charge on any atom is -0.462 e. The first kappa shape index (κ1) is 67.1. The maximum absolute atomic E-state index is 12.8. The smallest absolute Gasteiger partial charge is 0.306 e. The summed E-state index contributed by atoms with van der Waals surface area (Å²) in [7, 11) is 0. The van der Waals surface area contributed by atoms with E-state index >= 15 is 0 Å². The second-order valence-electron chi connectivity index (χ2n) is 20.2. The second kappa shape index (κ2) is 58.7. The zero-order valence-electron chi connectivity index (χ0n) is 46.5. The zero-order valence-corrected chi connectivity index (χ0v) is 46.5. The van der Waals surface area contributed by atoms with Crippen molar-refractivity contribution in [1.82, 2.24) is 0 Å². The molecule has 0 saturated carbocycles. The Hall–Kier alpha value is -2.89. The first-order valence-electron chi connectivity index (χ1n) is 30.3. The SMILES string of the molecule is CCCCC/C=C\CCCCCCCC(=O)OCC(COC(=O)CCCCCCCCCCCC/C=C\C/C=C\C/C=C\CCCCCCC)OC(=O)CCCCCCC/C=C\CCCCCCCC. The van der Waals surface area contributed by atoms with Gasteiger partial charge in [-0.05, 0) is 109 Å². The van der Waals surface area contributed by atoms with E-state index < -0.39 is 6.10 Å². The molecule has 0 aliphatic rings. The van der Waals surface area contributed by atoms with Crippen LogP contribution in [-0.4, -0.2) is 37.2 Å². The van der Waals surface area contributed by atoms with Crippen LogP contribution in [0.3, 0.4) is 0 Å². The molecule has 0 amide bonds. The van der Waals surface area contributed by atoms with Crippen molar-refractivity contribution in [2.24, 2.45) is 0 Å². The van der Waals surface area contributed by atoms with Gasteiger partial charge in [0.25, 0.3) is 0 Å². The van der Waals surface area contributed by atoms with Crippen LogP contribution in [0.1, 0.15) is 310 Å². The highest BCUT2D eigenvalue weighted by molar-refractivity contribution is 5.71. The number of rotatable bonds is 55. The van der Waals surface area contributed by atoms with Crippen molar-refractivity contribution in [3.8, 4) is 0 Å². The van der Waals surface area contributed by atoms with E-state index in [0.29, 0.717) is 19.3 Å². The van der Waals surface area contributed by atoms with Gasteiger partial charge in [0.05, 0.1) is 0 Å². The van der Waals surface area contributed by atoms with Crippen molar-refractivity contribution in [2.75, 3.05) is 13.2 Å². The van der Waals surface area contributed by atoms with E-state index in [1.807, 2.05) is 0 Å². The second-order valence-corrected chi connectivity index (χ2v) is 20.2. The quantitative estimate of drug-likeness (QED) is 0.0261. The average Bonchev–Trinajstić information content (AvgIpc) is 3.36. The summed E-state index contributed by atoms with van der Waals surface area (Å²) in [6.07, 6.45) is 73.6. The Morgan fingerprint density at radius 1 is 0.286 bits per heavy atom. The molecule has 0 fully saturated rings. The molecular weight excluding hydrogens is 865 g/mol. The molecule has 0 rings (SSSR count). The molecule has 0 aromatic heterocycles. The normalized spacial score (nSPS) is 12.4. The van der Waals surface area contributed by atoms with E-state index in [2.05, 4.69) is 81.5 Å². The average molecular weight is 980 g/mol. The lowest BCUT2D eigenvalue weighted by Crippen LogP contribution is -2.30. The summed E-state index contributed by atoms with van der Waals surface area (Å²) in [5.74, 6) is -0.891. The predicted octanol–water partition coefficient (Wildman–Crippen LogP) is 20.4. The predicted molar refractivity (Wildman–Crippen MR) is 302 cm³/mol. The van der Waals surface area contributed by atoms with Crippen LogP contribution in [0.4, 0.5) is 0 Å². The Bertz CT molecular complexity index is 1260. The van der Waals surface area contributed by atoms with Gasteiger partial charge in [0, 0.05) is 19.3 Å². The van der Waals surface area contributed by atoms with Crippen LogP contribution in [-0.2, 0) is 28.6 Å². The third-order valence-electron chi connectivity index (χ3n) is 13.2. The topological polar surface area (TPSA) is 78.9 Å². The maximum Gasteiger partial charge on any atom is 0.306 e. The highest BCUT2D eigenvalue weighted by atomic mass is 16.6. The van der Waals surface area contributed by atoms with Gasteiger partial charge in [-0.2, -0.15) is 0 Å². The van der Waals surface area contributed by atoms with Crippen LogP contribution in [0, 0.1) is 0 Å². The third kappa shape index (κ3) is 56.0. The van der Waals surface area contributed by atoms with Crippen LogP contribution in [0.25, 0.3) is 0 Å². The van der Waals surface area contributed by atoms with E-state index in [1.54, 1.807) is 0 Å². The molecule has 6 heteroatoms. The van der Waals surface area contributed by atoms with Crippen molar-refractivity contribution in [1.29, 1.82) is 0 Å². The summed E-state index contributed by atoms with van der Waals surface area (Å²) in [6, 6.07) is 0. The summed E-state index contributed by atoms with van der Waals surface area (Å²) >= 11 is 0. The summed E-state index contributed by atoms with van der Waals surface area (Å²) in [6.45, 7) is 6.61. The summed E-state index contributed by atoms with van der Waals surface area (Å²) in [4.78, 5) is 38.2. The molecular formula is C64H114O6. The van der Waals surface area contributed by atoms with Gasteiger partial charge in [-0.25, -0.2) is 0 Å². The van der Waals surface area contributed by atoms with E-state index in [4.69, 9.17) is 14.2 Å². The molecule has 6 nitrogen and oxygen atoms in total. The van der Waals surface area contributed by atoms with Gasteiger partial charge < -0.3 is 14.2 Å². The molecule has 0 aromatic rings. The van der Waals surface area contributed by atoms with Gasteiger partial charge >= 0.3 is 17.9 Å². The molecule has 406 valence electrons. The fraction of sp³-hybridized carbons (Fsp3) is 0.797. The van der Waals surface area contributed by atoms with Crippen LogP contribution >= 0.6 is 0 Å². The Morgan fingerprint density at radius 3 is 0.843 bits per heavy atom. The fourth-order valence-electron chi connectivity index (χ4n) is 8.62. The molecule has 0 aliphatic carbocycles. The van der Waals surface area contributed by atoms with Crippen LogP contribution in [0.15, 0.2) is 60.8 Å². The third-order valence-corrected chi connectivity index (χ3v) is 13.2. The van der Waals surface area contributed by atoms with Gasteiger partial charge in [0.15, 0.2) is 6.10 Å². The number of ether oxygens (including phenoxy) is 3. The summed E-state index contributed by atoms with van der Waals surface area (Å²) < 4.78 is 16.9. The van der Waals surface area contributed by atoms with E-state index in [9.17, 15) is 14.4 Å². The first-order chi connectivity index (χ1) is 34.5. The largest absolute Gasteiger partial charge is 0.462 e. The van der Waals surface area contributed by atoms with Crippen molar-refractivity contribution in [2.45, 2.75) is 316 Å². The Morgan fingerprint density at radius 2 is 0.514 bits per heavy atom. The molecule has 0 spiro atoms. The van der Waals surface area contributed by atoms with Gasteiger partial charge in [0.1, 0.15) is 13.2 Å². The van der Waals surface area contributed by atoms with E-state index in [0.717, 1.165) is 89.9 Å². The van der Waals surface area contributed by atoms with Crippen molar-refractivity contribution >= 4 is 17.9 Å². The molecule has 0 saturated heterocycles. The van der Waals surface area contributed by atoms with Gasteiger partial charge in [-0.3, -0.25) is 14.4 Å². The highest BCUT2D eigenvalue weighted by Gasteiger charge is 2.19. The number of carbonyl (C=O) groups excluding carboxylic acids is 3. The molecule has 0 aromatic carbocycles. The van der Waals surface area contributed by atoms with Crippen LogP contribution in [0.5, 0.6) is 0 Å². The number of unbranched alkanes of at least 4 members (excludes halogenated alkanes) is 34. The number of esters is 3. The maximum atomic E-state index is 12.8. The first-order valence-corrected chi connectivity index (χ1v) is 30.3. The summed E-state index contributed by atoms with van der Waals surface area (Å²) in [5.41, 5.74) is 0. The Kier molecular flexibility index (Phi) is 56.3. The lowest BCUT2D eigenvalue weighted by Gasteiger charge is -2.18. The van der Waals surface area contributed by atoms with Crippen molar-refractivity contribution in [3.05, 3.63) is 60.8 Å². The number of carbonyl (C=O) groups is 3. The molecule has 1 unspecified atom stereocenters. The summed E-state index contributed by atoms with van der Waals surface area (Å²) in [5, 5.41) is 0. The van der Waals surface area contributed by atoms with Gasteiger partial charge in [0.2, 0.25) is 0 Å². The molecule has 0 bridgehead atoms. The minimum atomic E-state index is -0.783. The standard InChI is InChI=1S/C64H114O6/c1-4-7-10-13-16-19-22-25-27-28-29-30-31-32-33-34-35-36-38-39-42-45-48-51-54-57-63(66)69-60-61(59-68-62(65)56-53-50-47-44-41-24-21-18-15-12-9-6-3)70-64(67)58-55-52-49-46-43-40-37-26-23-20-17-14-11-8-5-2/h18,21-22,25-26,28-29,31-32,37,61H,4-17,19-20,23-24,27,30,33-36,38-60H2,1-3H3/b21-18-,25-22-,29-28-,32-31-,37-26-. The van der Waals surface area contributed by atoms with Gasteiger partial charge in [-0.1, -0.05) is 242 Å². The lowest BCUT2D eigenvalue weighted by molar-refractivity contribution is -0.167. The zero-order chi connectivity index (χ0) is 50.7. The van der Waals surface area contributed by atoms with E-state index in [-0.39, 0.29) is 31.1 Å². The minimum absolute atomic E-state index is 0.0810. The molecule has 1 atom stereocenters.